The van der Waals surface area contributed by atoms with Crippen LogP contribution in [0.25, 0.3) is 11.7 Å². The van der Waals surface area contributed by atoms with Gasteiger partial charge in [-0.15, -0.1) is 10.2 Å². The van der Waals surface area contributed by atoms with Crippen LogP contribution in [0.2, 0.25) is 0 Å². The molecule has 0 atom stereocenters. The lowest BCUT2D eigenvalue weighted by molar-refractivity contribution is 0.422. The molecular weight excluding hydrogens is 292 g/mol. The summed E-state index contributed by atoms with van der Waals surface area (Å²) >= 11 is 0. The van der Waals surface area contributed by atoms with Crippen molar-refractivity contribution >= 4 is 19.7 Å². The number of halogens is 1. The second-order valence-electron chi connectivity index (χ2n) is 4.48. The van der Waals surface area contributed by atoms with Crippen LogP contribution in [-0.4, -0.2) is 18.6 Å². The van der Waals surface area contributed by atoms with E-state index in [1.165, 1.54) is 12.1 Å². The molecule has 1 aliphatic rings. The Balaban J connectivity index is 1.88. The highest BCUT2D eigenvalue weighted by Crippen LogP contribution is 2.34. The molecule has 2 aromatic rings. The van der Waals surface area contributed by atoms with Crippen molar-refractivity contribution in [1.29, 1.82) is 0 Å². The number of hydrogen-bond donors (Lipinski definition) is 0. The van der Waals surface area contributed by atoms with Gasteiger partial charge in [-0.05, 0) is 25.0 Å². The third-order valence-corrected chi connectivity index (χ3v) is 4.33. The van der Waals surface area contributed by atoms with E-state index in [1.807, 2.05) is 0 Å². The van der Waals surface area contributed by atoms with Gasteiger partial charge in [-0.3, -0.25) is 0 Å². The maximum atomic E-state index is 11.1. The lowest BCUT2D eigenvalue weighted by atomic mass is 10.1. The summed E-state index contributed by atoms with van der Waals surface area (Å²) < 4.78 is 32.8. The summed E-state index contributed by atoms with van der Waals surface area (Å²) in [4.78, 5) is 0. The van der Waals surface area contributed by atoms with E-state index in [2.05, 4.69) is 10.2 Å². The van der Waals surface area contributed by atoms with E-state index in [0.717, 1.165) is 25.7 Å². The zero-order valence-electron chi connectivity index (χ0n) is 9.87. The van der Waals surface area contributed by atoms with E-state index in [1.54, 1.807) is 0 Å². The number of aromatic nitrogens is 2. The number of furan rings is 1. The molecule has 3 rings (SSSR count). The second kappa shape index (κ2) is 4.64. The maximum Gasteiger partial charge on any atom is 0.294 e. The third-order valence-electron chi connectivity index (χ3n) is 3.18. The van der Waals surface area contributed by atoms with Crippen LogP contribution >= 0.6 is 10.7 Å². The molecule has 6 nitrogen and oxygen atoms in total. The first kappa shape index (κ1) is 12.7. The molecule has 0 saturated heterocycles. The van der Waals surface area contributed by atoms with E-state index in [4.69, 9.17) is 19.5 Å². The monoisotopic (exact) mass is 302 g/mol. The predicted octanol–water partition coefficient (Wildman–Crippen LogP) is 2.91. The van der Waals surface area contributed by atoms with Gasteiger partial charge in [0.05, 0.1) is 0 Å². The minimum Gasteiger partial charge on any atom is -0.438 e. The fraction of sp³-hybridized carbons (Fsp3) is 0.455. The molecule has 0 bridgehead atoms. The summed E-state index contributed by atoms with van der Waals surface area (Å²) in [5.74, 6) is 1.26. The second-order valence-corrected chi connectivity index (χ2v) is 6.98. The van der Waals surface area contributed by atoms with Crippen molar-refractivity contribution in [2.24, 2.45) is 0 Å². The Labute approximate surface area is 114 Å². The zero-order valence-corrected chi connectivity index (χ0v) is 11.4. The first-order chi connectivity index (χ1) is 9.04. The molecule has 0 aliphatic heterocycles. The molecule has 0 unspecified atom stereocenters. The summed E-state index contributed by atoms with van der Waals surface area (Å²) in [7, 11) is 1.30. The molecule has 0 amide bonds. The van der Waals surface area contributed by atoms with Crippen LogP contribution in [-0.2, 0) is 9.05 Å². The predicted molar refractivity (Wildman–Crippen MR) is 66.2 cm³/mol. The first-order valence-electron chi connectivity index (χ1n) is 5.92. The van der Waals surface area contributed by atoms with Crippen LogP contribution in [0.1, 0.15) is 37.5 Å². The zero-order chi connectivity index (χ0) is 13.5. The Hall–Kier alpha value is -1.34. The molecule has 0 spiro atoms. The SMILES string of the molecule is O=S(=O)(Cl)c1ccc(-c2nnc(C3CCCC3)o2)o1. The van der Waals surface area contributed by atoms with Crippen molar-refractivity contribution < 1.29 is 17.3 Å². The van der Waals surface area contributed by atoms with Crippen molar-refractivity contribution in [2.45, 2.75) is 36.7 Å². The van der Waals surface area contributed by atoms with Gasteiger partial charge < -0.3 is 8.83 Å². The van der Waals surface area contributed by atoms with Gasteiger partial charge in [0.2, 0.25) is 11.0 Å². The lowest BCUT2D eigenvalue weighted by Crippen LogP contribution is -1.91. The molecule has 0 N–H and O–H groups in total. The molecule has 0 radical (unpaired) electrons. The Bertz CT molecular complexity index is 685. The van der Waals surface area contributed by atoms with Gasteiger partial charge in [0.15, 0.2) is 5.76 Å². The van der Waals surface area contributed by atoms with Crippen LogP contribution in [0.5, 0.6) is 0 Å². The molecule has 2 heterocycles. The fourth-order valence-corrected chi connectivity index (χ4v) is 2.91. The van der Waals surface area contributed by atoms with E-state index in [0.29, 0.717) is 11.8 Å². The highest BCUT2D eigenvalue weighted by molar-refractivity contribution is 8.13. The van der Waals surface area contributed by atoms with E-state index in [-0.39, 0.29) is 16.7 Å². The minimum atomic E-state index is -3.88. The summed E-state index contributed by atoms with van der Waals surface area (Å²) in [6.45, 7) is 0. The maximum absolute atomic E-state index is 11.1. The Morgan fingerprint density at radius 2 is 1.89 bits per heavy atom. The quantitative estimate of drug-likeness (QED) is 0.810. The van der Waals surface area contributed by atoms with Crippen molar-refractivity contribution in [3.05, 3.63) is 18.0 Å². The fourth-order valence-electron chi connectivity index (χ4n) is 2.24. The van der Waals surface area contributed by atoms with Crippen LogP contribution in [0, 0.1) is 0 Å². The third kappa shape index (κ3) is 2.52. The summed E-state index contributed by atoms with van der Waals surface area (Å²) in [6.07, 6.45) is 4.41. The molecule has 102 valence electrons. The highest BCUT2D eigenvalue weighted by atomic mass is 35.7. The van der Waals surface area contributed by atoms with E-state index < -0.39 is 9.05 Å². The number of hydrogen-bond acceptors (Lipinski definition) is 6. The topological polar surface area (TPSA) is 86.2 Å². The largest absolute Gasteiger partial charge is 0.438 e. The van der Waals surface area contributed by atoms with Crippen molar-refractivity contribution in [2.75, 3.05) is 0 Å². The van der Waals surface area contributed by atoms with Gasteiger partial charge in [0.1, 0.15) is 0 Å². The highest BCUT2D eigenvalue weighted by Gasteiger charge is 2.24. The average molecular weight is 303 g/mol. The normalized spacial score (nSPS) is 17.1. The van der Waals surface area contributed by atoms with Crippen molar-refractivity contribution in [3.63, 3.8) is 0 Å². The smallest absolute Gasteiger partial charge is 0.294 e. The summed E-state index contributed by atoms with van der Waals surface area (Å²) in [6, 6.07) is 2.71. The van der Waals surface area contributed by atoms with E-state index in [9.17, 15) is 8.42 Å². The molecule has 1 fully saturated rings. The lowest BCUT2D eigenvalue weighted by Gasteiger charge is -1.99. The molecule has 1 aliphatic carbocycles. The van der Waals surface area contributed by atoms with E-state index >= 15 is 0 Å². The van der Waals surface area contributed by atoms with Crippen molar-refractivity contribution in [1.82, 2.24) is 10.2 Å². The molecule has 1 saturated carbocycles. The molecule has 2 aromatic heterocycles. The van der Waals surface area contributed by atoms with Crippen molar-refractivity contribution in [3.8, 4) is 11.7 Å². The van der Waals surface area contributed by atoms with Gasteiger partial charge in [0, 0.05) is 16.6 Å². The average Bonchev–Trinajstić information content (AvgIpc) is 3.10. The minimum absolute atomic E-state index is 0.175. The molecule has 0 aromatic carbocycles. The Morgan fingerprint density at radius 1 is 1.16 bits per heavy atom. The number of nitrogens with zero attached hydrogens (tertiary/aromatic N) is 2. The molecular formula is C11H11ClN2O4S. The van der Waals surface area contributed by atoms with Gasteiger partial charge >= 0.3 is 0 Å². The first-order valence-corrected chi connectivity index (χ1v) is 8.23. The van der Waals surface area contributed by atoms with Crippen LogP contribution < -0.4 is 0 Å². The van der Waals surface area contributed by atoms with Gasteiger partial charge in [-0.25, -0.2) is 8.42 Å². The van der Waals surface area contributed by atoms with Gasteiger partial charge in [-0.1, -0.05) is 12.8 Å². The Morgan fingerprint density at radius 3 is 2.53 bits per heavy atom. The summed E-state index contributed by atoms with van der Waals surface area (Å²) in [5.41, 5.74) is 0. The van der Waals surface area contributed by atoms with Crippen LogP contribution in [0.15, 0.2) is 26.1 Å². The molecule has 19 heavy (non-hydrogen) atoms. The molecule has 8 heteroatoms. The Kier molecular flexibility index (Phi) is 3.10. The summed E-state index contributed by atoms with van der Waals surface area (Å²) in [5, 5.41) is 7.54. The van der Waals surface area contributed by atoms with Crippen LogP contribution in [0.4, 0.5) is 0 Å². The van der Waals surface area contributed by atoms with Gasteiger partial charge in [-0.2, -0.15) is 0 Å². The van der Waals surface area contributed by atoms with Gasteiger partial charge in [0.25, 0.3) is 14.9 Å². The standard InChI is InChI=1S/C11H11ClN2O4S/c12-19(15,16)9-6-5-8(17-9)11-14-13-10(18-11)7-3-1-2-4-7/h5-7H,1-4H2. The van der Waals surface area contributed by atoms with Crippen LogP contribution in [0.3, 0.4) is 0 Å². The number of rotatable bonds is 3.